The molecule has 9 nitrogen and oxygen atoms in total. The van der Waals surface area contributed by atoms with Crippen molar-refractivity contribution in [1.82, 2.24) is 0 Å². The highest BCUT2D eigenvalue weighted by atomic mass is 16.7. The van der Waals surface area contributed by atoms with Crippen LogP contribution in [-0.4, -0.2) is 87.4 Å². The fraction of sp³-hybridized carbons (Fsp3) is 0.916. The zero-order valence-electron chi connectivity index (χ0n) is 62.5. The number of carboxylic acid groups (broad SMARTS) is 1. The first-order valence-electron chi connectivity index (χ1n) is 41.0. The van der Waals surface area contributed by atoms with Gasteiger partial charge in [0.15, 0.2) is 6.10 Å². The van der Waals surface area contributed by atoms with Crippen LogP contribution in [0.5, 0.6) is 0 Å². The molecule has 0 amide bonds. The van der Waals surface area contributed by atoms with E-state index >= 15 is 0 Å². The van der Waals surface area contributed by atoms with Crippen LogP contribution in [0.2, 0.25) is 0 Å². The summed E-state index contributed by atoms with van der Waals surface area (Å²) in [6.45, 7) is 4.96. The number of carbonyl (C=O) groups is 3. The van der Waals surface area contributed by atoms with E-state index in [0.29, 0.717) is 17.4 Å². The Bertz CT molecular complexity index is 1560. The number of rotatable bonds is 78. The van der Waals surface area contributed by atoms with Crippen LogP contribution in [-0.2, 0) is 33.3 Å². The fourth-order valence-corrected chi connectivity index (χ4v) is 12.7. The smallest absolute Gasteiger partial charge is 0.361 e. The van der Waals surface area contributed by atoms with Gasteiger partial charge in [-0.25, -0.2) is 4.79 Å². The Labute approximate surface area is 573 Å². The lowest BCUT2D eigenvalue weighted by atomic mass is 10.0. The van der Waals surface area contributed by atoms with Crippen molar-refractivity contribution in [2.24, 2.45) is 0 Å². The first-order valence-corrected chi connectivity index (χ1v) is 41.0. The second kappa shape index (κ2) is 74.6. The highest BCUT2D eigenvalue weighted by Gasteiger charge is 2.25. The summed E-state index contributed by atoms with van der Waals surface area (Å²) in [4.78, 5) is 37.7. The van der Waals surface area contributed by atoms with E-state index in [2.05, 4.69) is 38.2 Å². The number of unbranched alkanes of at least 4 members (excludes halogenated alkanes) is 59. The molecule has 0 saturated heterocycles. The normalized spacial score (nSPS) is 12.7. The maximum Gasteiger partial charge on any atom is 0.361 e. The van der Waals surface area contributed by atoms with Gasteiger partial charge < -0.3 is 28.5 Å². The molecule has 2 unspecified atom stereocenters. The number of hydrogen-bond acceptors (Lipinski definition) is 7. The average Bonchev–Trinajstić information content (AvgIpc) is 3.70. The van der Waals surface area contributed by atoms with Gasteiger partial charge in [-0.3, -0.25) is 9.59 Å². The van der Waals surface area contributed by atoms with Crippen molar-refractivity contribution >= 4 is 17.9 Å². The predicted molar refractivity (Wildman–Crippen MR) is 397 cm³/mol. The minimum atomic E-state index is -1.51. The molecule has 0 rings (SSSR count). The lowest BCUT2D eigenvalue weighted by molar-refractivity contribution is -0.870. The van der Waals surface area contributed by atoms with Gasteiger partial charge in [-0.2, -0.15) is 0 Å². The largest absolute Gasteiger partial charge is 0.477 e. The Morgan fingerprint density at radius 1 is 0.326 bits per heavy atom. The number of quaternary nitrogens is 1. The fourth-order valence-electron chi connectivity index (χ4n) is 12.7. The van der Waals surface area contributed by atoms with Gasteiger partial charge in [-0.15, -0.1) is 0 Å². The molecule has 0 aliphatic rings. The minimum absolute atomic E-state index is 0.174. The molecule has 0 aromatic rings. The van der Waals surface area contributed by atoms with Crippen molar-refractivity contribution in [1.29, 1.82) is 0 Å². The maximum absolute atomic E-state index is 13.0. The van der Waals surface area contributed by atoms with Crippen LogP contribution in [0, 0.1) is 0 Å². The molecule has 1 N–H and O–H groups in total. The molecule has 0 bridgehead atoms. The van der Waals surface area contributed by atoms with E-state index in [1.807, 2.05) is 21.1 Å². The zero-order chi connectivity index (χ0) is 66.8. The molecule has 92 heavy (non-hydrogen) atoms. The molecule has 544 valence electrons. The second-order valence-electron chi connectivity index (χ2n) is 29.4. The van der Waals surface area contributed by atoms with E-state index in [9.17, 15) is 19.5 Å². The number of allylic oxidation sites excluding steroid dienone is 4. The van der Waals surface area contributed by atoms with Crippen LogP contribution in [0.3, 0.4) is 0 Å². The van der Waals surface area contributed by atoms with Crippen molar-refractivity contribution in [3.63, 3.8) is 0 Å². The van der Waals surface area contributed by atoms with E-state index in [1.165, 1.54) is 360 Å². The van der Waals surface area contributed by atoms with E-state index < -0.39 is 18.4 Å². The van der Waals surface area contributed by atoms with Crippen LogP contribution < -0.4 is 0 Å². The van der Waals surface area contributed by atoms with E-state index in [-0.39, 0.29) is 38.2 Å². The highest BCUT2D eigenvalue weighted by Crippen LogP contribution is 2.20. The Balaban J connectivity index is 3.94. The average molecular weight is 1300 g/mol. The second-order valence-corrected chi connectivity index (χ2v) is 29.4. The quantitative estimate of drug-likeness (QED) is 0.0211. The molecule has 0 fully saturated rings. The summed E-state index contributed by atoms with van der Waals surface area (Å²) in [6, 6.07) is 0. The molecule has 0 aromatic carbocycles. The Morgan fingerprint density at radius 3 is 0.859 bits per heavy atom. The standard InChI is InChI=1S/C83H159NO8/c1-6-8-10-12-14-16-18-20-22-24-26-28-30-32-34-36-38-39-40-41-42-44-45-47-49-51-53-55-57-59-61-63-65-67-69-71-73-80(85)90-77-79(78-91-83(82(87)88)89-76-75-84(3,4)5)92-81(86)74-72-70-68-66-64-62-60-58-56-54-52-50-48-46-43-37-35-33-31-29-27-25-23-21-19-17-15-13-11-9-7-2/h19,21,25,27,79,83H,6-18,20,22-24,26,28-78H2,1-5H3/p+1/b21-19-,27-25-. The van der Waals surface area contributed by atoms with Crippen LogP contribution in [0.15, 0.2) is 24.3 Å². The molecule has 0 radical (unpaired) electrons. The van der Waals surface area contributed by atoms with Crippen molar-refractivity contribution < 1.29 is 42.9 Å². The highest BCUT2D eigenvalue weighted by molar-refractivity contribution is 5.71. The first-order chi connectivity index (χ1) is 45.1. The summed E-state index contributed by atoms with van der Waals surface area (Å²) in [7, 11) is 6.00. The molecular formula is C83H160NO8+. The van der Waals surface area contributed by atoms with Crippen LogP contribution in [0.1, 0.15) is 431 Å². The Hall–Kier alpha value is -2.23. The van der Waals surface area contributed by atoms with E-state index in [1.54, 1.807) is 0 Å². The van der Waals surface area contributed by atoms with Crippen LogP contribution in [0.25, 0.3) is 0 Å². The van der Waals surface area contributed by atoms with Gasteiger partial charge in [0, 0.05) is 12.8 Å². The third-order valence-corrected chi connectivity index (χ3v) is 19.0. The summed E-state index contributed by atoms with van der Waals surface area (Å²) in [6.07, 6.45) is 92.1. The topological polar surface area (TPSA) is 108 Å². The number of esters is 2. The lowest BCUT2D eigenvalue weighted by Gasteiger charge is -2.25. The number of carbonyl (C=O) groups excluding carboxylic acids is 2. The van der Waals surface area contributed by atoms with Crippen LogP contribution >= 0.6 is 0 Å². The number of nitrogens with zero attached hydrogens (tertiary/aromatic N) is 1. The third kappa shape index (κ3) is 75.2. The van der Waals surface area contributed by atoms with Crippen molar-refractivity contribution in [2.45, 2.75) is 444 Å². The molecule has 0 aliphatic heterocycles. The molecule has 9 heteroatoms. The summed E-state index contributed by atoms with van der Waals surface area (Å²) in [5.74, 6) is -1.97. The first kappa shape index (κ1) is 89.8. The number of ether oxygens (including phenoxy) is 4. The minimum Gasteiger partial charge on any atom is -0.477 e. The SMILES string of the molecule is CCCCCCC/C=C\C/C=C\CCCCCCCCCCCCCCCCCCCCCC(=O)OC(COC(=O)CCCCCCCCCCCCCCCCCCCCCCCCCCCCCCCCCCCCCC)COC(OCC[N+](C)(C)C)C(=O)O. The van der Waals surface area contributed by atoms with E-state index in [4.69, 9.17) is 18.9 Å². The van der Waals surface area contributed by atoms with Gasteiger partial charge in [-0.05, 0) is 44.9 Å². The third-order valence-electron chi connectivity index (χ3n) is 19.0. The van der Waals surface area contributed by atoms with E-state index in [0.717, 1.165) is 44.9 Å². The summed E-state index contributed by atoms with van der Waals surface area (Å²) >= 11 is 0. The van der Waals surface area contributed by atoms with Crippen molar-refractivity contribution in [3.05, 3.63) is 24.3 Å². The van der Waals surface area contributed by atoms with Gasteiger partial charge >= 0.3 is 17.9 Å². The number of aliphatic carboxylic acids is 1. The summed E-state index contributed by atoms with van der Waals surface area (Å²) in [5, 5.41) is 9.77. The molecule has 0 spiro atoms. The van der Waals surface area contributed by atoms with Gasteiger partial charge in [0.1, 0.15) is 13.2 Å². The molecule has 2 atom stereocenters. The van der Waals surface area contributed by atoms with Gasteiger partial charge in [-0.1, -0.05) is 398 Å². The van der Waals surface area contributed by atoms with Gasteiger partial charge in [0.2, 0.25) is 0 Å². The lowest BCUT2D eigenvalue weighted by Crippen LogP contribution is -2.40. The van der Waals surface area contributed by atoms with Crippen molar-refractivity contribution in [2.75, 3.05) is 47.5 Å². The molecule has 0 aliphatic carbocycles. The zero-order valence-corrected chi connectivity index (χ0v) is 62.5. The Morgan fingerprint density at radius 2 is 0.587 bits per heavy atom. The van der Waals surface area contributed by atoms with Crippen molar-refractivity contribution in [3.8, 4) is 0 Å². The summed E-state index contributed by atoms with van der Waals surface area (Å²) < 4.78 is 23.1. The monoisotopic (exact) mass is 1300 g/mol. The molecule has 0 saturated carbocycles. The Kier molecular flexibility index (Phi) is 72.8. The number of likely N-dealkylation sites (N-methyl/N-ethyl adjacent to an activating group) is 1. The predicted octanol–water partition coefficient (Wildman–Crippen LogP) is 26.1. The maximum atomic E-state index is 13.0. The molecular weight excluding hydrogens is 1140 g/mol. The van der Waals surface area contributed by atoms with Gasteiger partial charge in [0.25, 0.3) is 6.29 Å². The number of carboxylic acids is 1. The molecule has 0 heterocycles. The molecule has 0 aromatic heterocycles. The van der Waals surface area contributed by atoms with Gasteiger partial charge in [0.05, 0.1) is 34.4 Å². The van der Waals surface area contributed by atoms with Crippen LogP contribution in [0.4, 0.5) is 0 Å². The number of hydrogen-bond donors (Lipinski definition) is 1. The summed E-state index contributed by atoms with van der Waals surface area (Å²) in [5.41, 5.74) is 0.